The van der Waals surface area contributed by atoms with Gasteiger partial charge in [-0.15, -0.1) is 0 Å². The van der Waals surface area contributed by atoms with Crippen LogP contribution < -0.4 is 39.6 Å². The predicted octanol–water partition coefficient (Wildman–Crippen LogP) is 7.38. The van der Waals surface area contributed by atoms with Gasteiger partial charge in [0.15, 0.2) is 0 Å². The van der Waals surface area contributed by atoms with Crippen molar-refractivity contribution in [1.29, 1.82) is 0 Å². The maximum atomic E-state index is 14.5. The van der Waals surface area contributed by atoms with Crippen molar-refractivity contribution in [2.45, 2.75) is 52.0 Å². The molecular weight excluding hydrogens is 668 g/mol. The molecule has 0 amide bonds. The molecule has 4 aromatic carbocycles. The molecule has 0 unspecified atom stereocenters. The molecule has 2 bridgehead atoms. The summed E-state index contributed by atoms with van der Waals surface area (Å²) in [4.78, 5) is 33.6. The second-order valence-electron chi connectivity index (χ2n) is 15.8. The van der Waals surface area contributed by atoms with Gasteiger partial charge in [-0.3, -0.25) is 9.59 Å². The molecule has 10 nitrogen and oxygen atoms in total. The summed E-state index contributed by atoms with van der Waals surface area (Å²) < 4.78 is 28.7. The summed E-state index contributed by atoms with van der Waals surface area (Å²) in [5.74, 6) is 2.37. The number of fused-ring (bicyclic) bond motifs is 16. The molecule has 0 saturated carbocycles. The summed E-state index contributed by atoms with van der Waals surface area (Å²) in [7, 11) is 7.26. The molecule has 6 aromatic rings. The number of pyridine rings is 2. The number of ether oxygens (including phenoxy) is 4. The van der Waals surface area contributed by atoms with E-state index >= 15 is 0 Å². The molecule has 2 aromatic heterocycles. The van der Waals surface area contributed by atoms with E-state index in [4.69, 9.17) is 18.9 Å². The Bertz CT molecular complexity index is 2680. The Hall–Kier alpha value is -5.90. The lowest BCUT2D eigenvalue weighted by Crippen LogP contribution is -2.46. The van der Waals surface area contributed by atoms with Crippen molar-refractivity contribution in [2.75, 3.05) is 30.7 Å². The largest absolute Gasteiger partial charge is 0.496 e. The van der Waals surface area contributed by atoms with Crippen LogP contribution in [-0.2, 0) is 27.2 Å². The number of anilines is 2. The lowest BCUT2D eigenvalue weighted by atomic mass is 9.94. The Labute approximate surface area is 305 Å². The zero-order valence-corrected chi connectivity index (χ0v) is 31.1. The van der Waals surface area contributed by atoms with Gasteiger partial charge in [-0.1, -0.05) is 12.1 Å². The predicted molar refractivity (Wildman–Crippen MR) is 211 cm³/mol. The van der Waals surface area contributed by atoms with Crippen LogP contribution in [0.25, 0.3) is 55.8 Å². The van der Waals surface area contributed by atoms with Gasteiger partial charge in [0.2, 0.25) is 10.9 Å². The third-order valence-corrected chi connectivity index (χ3v) is 11.5. The zero-order chi connectivity index (χ0) is 36.9. The van der Waals surface area contributed by atoms with E-state index in [0.717, 1.165) is 55.7 Å². The van der Waals surface area contributed by atoms with Gasteiger partial charge in [0, 0.05) is 61.2 Å². The van der Waals surface area contributed by atoms with Crippen molar-refractivity contribution < 1.29 is 18.9 Å². The Morgan fingerprint density at radius 2 is 1.04 bits per heavy atom. The van der Waals surface area contributed by atoms with Gasteiger partial charge in [0.1, 0.15) is 34.2 Å². The Kier molecular flexibility index (Phi) is 6.22. The van der Waals surface area contributed by atoms with Gasteiger partial charge in [-0.05, 0) is 75.3 Å². The second kappa shape index (κ2) is 10.4. The smallest absolute Gasteiger partial charge is 0.201 e. The minimum Gasteiger partial charge on any atom is -0.496 e. The molecule has 0 atom stereocenters. The van der Waals surface area contributed by atoms with Gasteiger partial charge in [0.25, 0.3) is 0 Å². The number of hydrogen-bond acceptors (Lipinski definition) is 8. The van der Waals surface area contributed by atoms with Crippen molar-refractivity contribution in [1.82, 2.24) is 9.13 Å². The maximum absolute atomic E-state index is 14.5. The molecular formula is C43H40N4O6. The number of rotatable bonds is 2. The minimum absolute atomic E-state index is 0.0679. The monoisotopic (exact) mass is 708 g/mol. The van der Waals surface area contributed by atoms with E-state index in [0.29, 0.717) is 64.3 Å². The zero-order valence-electron chi connectivity index (χ0n) is 31.1. The first-order chi connectivity index (χ1) is 25.3. The fraction of sp³-hybridized carbons (Fsp3) is 0.302. The first kappa shape index (κ1) is 31.8. The van der Waals surface area contributed by atoms with E-state index in [1.165, 1.54) is 0 Å². The number of aryl methyl sites for hydroxylation is 2. The number of hydrogen-bond donors (Lipinski definition) is 0. The van der Waals surface area contributed by atoms with Gasteiger partial charge in [0.05, 0.1) is 65.1 Å². The molecule has 4 aliphatic heterocycles. The summed E-state index contributed by atoms with van der Waals surface area (Å²) in [5, 5.41) is 2.36. The first-order valence-electron chi connectivity index (χ1n) is 18.0. The number of aromatic nitrogens is 2. The molecule has 6 heterocycles. The van der Waals surface area contributed by atoms with Crippen LogP contribution in [-0.4, -0.2) is 41.2 Å². The van der Waals surface area contributed by atoms with E-state index in [-0.39, 0.29) is 10.9 Å². The van der Waals surface area contributed by atoms with Gasteiger partial charge in [-0.25, -0.2) is 0 Å². The summed E-state index contributed by atoms with van der Waals surface area (Å²) in [6.45, 7) is 9.86. The fourth-order valence-corrected chi connectivity index (χ4v) is 9.18. The van der Waals surface area contributed by atoms with Crippen LogP contribution in [0, 0.1) is 0 Å². The highest BCUT2D eigenvalue weighted by Crippen LogP contribution is 2.48. The standard InChI is InChI=1S/C43H40N4O6/c1-42(2)15-13-24-28(52-42)17-30(50-7)32-36(24)44(5)38-26(40(32)48)11-9-22-19-47-21-46(34(22)38)20-23-10-12-27-39(35(23)47)45(6)37-25-14-16-43(3,4)53-29(25)18-31(51-8)33(37)41(27)49/h9-18H,19-21H2,1-8H3. The molecule has 0 N–H and O–H groups in total. The highest BCUT2D eigenvalue weighted by Gasteiger charge is 2.36. The average molecular weight is 709 g/mol. The van der Waals surface area contributed by atoms with Crippen LogP contribution in [0.15, 0.2) is 58.1 Å². The Morgan fingerprint density at radius 1 is 0.623 bits per heavy atom. The lowest BCUT2D eigenvalue weighted by Gasteiger charge is -2.46. The number of methoxy groups -OCH3 is 2. The SMILES string of the molecule is COc1cc2c(c3c1c(=O)c1ccc4c(c1n3C)N1Cc3ccc5c(=O)c6c(OC)cc7c(c6n(C)c5c3N(C4)C1)C=CC(C)(C)O7)C=CC(C)(C)O2. The van der Waals surface area contributed by atoms with Crippen LogP contribution in [0.4, 0.5) is 11.4 Å². The molecule has 0 saturated heterocycles. The third-order valence-electron chi connectivity index (χ3n) is 11.5. The Morgan fingerprint density at radius 3 is 1.43 bits per heavy atom. The van der Waals surface area contributed by atoms with E-state index in [1.807, 2.05) is 78.2 Å². The van der Waals surface area contributed by atoms with Gasteiger partial charge in [-0.2, -0.15) is 0 Å². The summed E-state index contributed by atoms with van der Waals surface area (Å²) >= 11 is 0. The van der Waals surface area contributed by atoms with Crippen molar-refractivity contribution in [3.63, 3.8) is 0 Å². The normalized spacial score (nSPS) is 17.4. The second-order valence-corrected chi connectivity index (χ2v) is 15.8. The third kappa shape index (κ3) is 4.20. The van der Waals surface area contributed by atoms with Crippen LogP contribution in [0.2, 0.25) is 0 Å². The van der Waals surface area contributed by atoms with Crippen molar-refractivity contribution in [3.8, 4) is 23.0 Å². The van der Waals surface area contributed by atoms with Crippen molar-refractivity contribution in [2.24, 2.45) is 14.1 Å². The molecule has 268 valence electrons. The quantitative estimate of drug-likeness (QED) is 0.172. The number of benzene rings is 4. The van der Waals surface area contributed by atoms with Crippen LogP contribution >= 0.6 is 0 Å². The topological polar surface area (TPSA) is 87.4 Å². The summed E-state index contributed by atoms with van der Waals surface area (Å²) in [6.07, 6.45) is 8.20. The van der Waals surface area contributed by atoms with Crippen LogP contribution in [0.1, 0.15) is 49.9 Å². The fourth-order valence-electron chi connectivity index (χ4n) is 9.18. The van der Waals surface area contributed by atoms with Crippen molar-refractivity contribution >= 4 is 67.1 Å². The Balaban J connectivity index is 1.20. The van der Waals surface area contributed by atoms with Crippen LogP contribution in [0.3, 0.4) is 0 Å². The lowest BCUT2D eigenvalue weighted by molar-refractivity contribution is 0.158. The molecule has 0 spiro atoms. The van der Waals surface area contributed by atoms with E-state index in [9.17, 15) is 9.59 Å². The van der Waals surface area contributed by atoms with Crippen LogP contribution in [0.5, 0.6) is 23.0 Å². The molecule has 10 heteroatoms. The van der Waals surface area contributed by atoms with Gasteiger partial charge >= 0.3 is 0 Å². The highest BCUT2D eigenvalue weighted by atomic mass is 16.5. The molecule has 4 aliphatic rings. The number of nitrogens with zero attached hydrogens (tertiary/aromatic N) is 4. The molecule has 0 fully saturated rings. The summed E-state index contributed by atoms with van der Waals surface area (Å²) in [6, 6.07) is 11.7. The maximum Gasteiger partial charge on any atom is 0.201 e. The molecule has 0 aliphatic carbocycles. The summed E-state index contributed by atoms with van der Waals surface area (Å²) in [5.41, 5.74) is 8.23. The average Bonchev–Trinajstić information content (AvgIpc) is 3.12. The molecule has 0 radical (unpaired) electrons. The van der Waals surface area contributed by atoms with Gasteiger partial charge < -0.3 is 37.9 Å². The van der Waals surface area contributed by atoms with E-state index in [2.05, 4.69) is 43.2 Å². The minimum atomic E-state index is -0.488. The molecule has 53 heavy (non-hydrogen) atoms. The van der Waals surface area contributed by atoms with E-state index < -0.39 is 11.2 Å². The van der Waals surface area contributed by atoms with Crippen molar-refractivity contribution in [3.05, 3.63) is 91.3 Å². The first-order valence-corrected chi connectivity index (χ1v) is 18.0. The van der Waals surface area contributed by atoms with E-state index in [1.54, 1.807) is 14.2 Å². The highest BCUT2D eigenvalue weighted by molar-refractivity contribution is 6.08. The molecule has 10 rings (SSSR count).